The van der Waals surface area contributed by atoms with Crippen LogP contribution in [0.15, 0.2) is 18.2 Å². The van der Waals surface area contributed by atoms with Crippen molar-refractivity contribution in [1.82, 2.24) is 5.32 Å². The third kappa shape index (κ3) is 1.97. The van der Waals surface area contributed by atoms with Gasteiger partial charge in [0.15, 0.2) is 0 Å². The van der Waals surface area contributed by atoms with E-state index >= 15 is 0 Å². The molecule has 4 nitrogen and oxygen atoms in total. The minimum Gasteiger partial charge on any atom is -0.506 e. The molecular weight excluding hydrogens is 204 g/mol. The lowest BCUT2D eigenvalue weighted by atomic mass is 10.1. The summed E-state index contributed by atoms with van der Waals surface area (Å²) in [4.78, 5) is 11.0. The van der Waals surface area contributed by atoms with Crippen molar-refractivity contribution in [2.75, 3.05) is 7.05 Å². The highest BCUT2D eigenvalue weighted by Gasteiger charge is 2.19. The van der Waals surface area contributed by atoms with Crippen LogP contribution in [-0.2, 0) is 4.79 Å². The Bertz CT molecular complexity index is 355. The Hall–Kier alpha value is -1.26. The van der Waals surface area contributed by atoms with E-state index in [1.165, 1.54) is 6.07 Å². The molecular formula is C9H11ClN2O2. The Morgan fingerprint density at radius 1 is 1.64 bits per heavy atom. The van der Waals surface area contributed by atoms with Crippen molar-refractivity contribution >= 4 is 17.5 Å². The van der Waals surface area contributed by atoms with E-state index in [-0.39, 0.29) is 10.8 Å². The van der Waals surface area contributed by atoms with Crippen molar-refractivity contribution in [3.8, 4) is 5.75 Å². The van der Waals surface area contributed by atoms with Crippen molar-refractivity contribution in [1.29, 1.82) is 0 Å². The van der Waals surface area contributed by atoms with Crippen LogP contribution in [0.5, 0.6) is 5.75 Å². The Labute approximate surface area is 86.7 Å². The third-order valence-electron chi connectivity index (χ3n) is 1.89. The number of likely N-dealkylation sites (N-methyl/N-ethyl adjacent to an activating group) is 1. The minimum absolute atomic E-state index is 0.0642. The van der Waals surface area contributed by atoms with Gasteiger partial charge >= 0.3 is 0 Å². The zero-order chi connectivity index (χ0) is 10.7. The Morgan fingerprint density at radius 2 is 2.29 bits per heavy atom. The number of halogens is 1. The number of carbonyl (C=O) groups is 1. The summed E-state index contributed by atoms with van der Waals surface area (Å²) < 4.78 is 0. The number of primary amides is 1. The zero-order valence-electron chi connectivity index (χ0n) is 7.62. The van der Waals surface area contributed by atoms with E-state index < -0.39 is 11.9 Å². The maximum absolute atomic E-state index is 11.0. The van der Waals surface area contributed by atoms with E-state index in [9.17, 15) is 9.90 Å². The molecule has 4 N–H and O–H groups in total. The number of hydrogen-bond donors (Lipinski definition) is 3. The molecule has 1 aromatic rings. The second-order valence-electron chi connectivity index (χ2n) is 2.80. The van der Waals surface area contributed by atoms with Gasteiger partial charge in [-0.25, -0.2) is 0 Å². The van der Waals surface area contributed by atoms with Crippen LogP contribution in [0.2, 0.25) is 5.02 Å². The molecule has 1 rings (SSSR count). The molecule has 0 spiro atoms. The van der Waals surface area contributed by atoms with Crippen molar-refractivity contribution in [2.24, 2.45) is 5.73 Å². The van der Waals surface area contributed by atoms with E-state index in [2.05, 4.69) is 5.32 Å². The van der Waals surface area contributed by atoms with Gasteiger partial charge in [0.25, 0.3) is 0 Å². The Kier molecular flexibility index (Phi) is 3.33. The maximum atomic E-state index is 11.0. The standard InChI is InChI=1S/C9H11ClN2O2/c1-12-8(9(11)14)5-3-2-4-6(13)7(5)10/h2-4,8,12-13H,1H3,(H2,11,14). The molecule has 0 saturated heterocycles. The lowest BCUT2D eigenvalue weighted by Crippen LogP contribution is -2.31. The highest BCUT2D eigenvalue weighted by molar-refractivity contribution is 6.33. The van der Waals surface area contributed by atoms with Gasteiger partial charge < -0.3 is 16.2 Å². The summed E-state index contributed by atoms with van der Waals surface area (Å²) in [6, 6.07) is 3.99. The van der Waals surface area contributed by atoms with Gasteiger partial charge in [0.1, 0.15) is 11.8 Å². The fraction of sp³-hybridized carbons (Fsp3) is 0.222. The summed E-state index contributed by atoms with van der Waals surface area (Å²) in [5, 5.41) is 12.2. The molecule has 1 aromatic carbocycles. The van der Waals surface area contributed by atoms with Gasteiger partial charge in [-0.3, -0.25) is 4.79 Å². The first-order chi connectivity index (χ1) is 6.57. The second kappa shape index (κ2) is 4.30. The molecule has 1 amide bonds. The third-order valence-corrected chi connectivity index (χ3v) is 2.30. The van der Waals surface area contributed by atoms with Gasteiger partial charge in [-0.15, -0.1) is 0 Å². The molecule has 0 saturated carbocycles. The number of carbonyl (C=O) groups excluding carboxylic acids is 1. The van der Waals surface area contributed by atoms with Gasteiger partial charge in [0, 0.05) is 5.56 Å². The Balaban J connectivity index is 3.16. The molecule has 14 heavy (non-hydrogen) atoms. The number of aromatic hydroxyl groups is 1. The monoisotopic (exact) mass is 214 g/mol. The van der Waals surface area contributed by atoms with E-state index in [0.29, 0.717) is 5.56 Å². The Morgan fingerprint density at radius 3 is 2.79 bits per heavy atom. The molecule has 0 aromatic heterocycles. The molecule has 0 aliphatic rings. The van der Waals surface area contributed by atoms with E-state index in [4.69, 9.17) is 17.3 Å². The number of phenolic OH excluding ortho intramolecular Hbond substituents is 1. The fourth-order valence-corrected chi connectivity index (χ4v) is 1.45. The lowest BCUT2D eigenvalue weighted by Gasteiger charge is -2.14. The number of nitrogens with two attached hydrogens (primary N) is 1. The van der Waals surface area contributed by atoms with Crippen LogP contribution < -0.4 is 11.1 Å². The molecule has 76 valence electrons. The van der Waals surface area contributed by atoms with Gasteiger partial charge in [-0.1, -0.05) is 23.7 Å². The average Bonchev–Trinajstić information content (AvgIpc) is 2.13. The molecule has 0 heterocycles. The van der Waals surface area contributed by atoms with Crippen molar-refractivity contribution in [2.45, 2.75) is 6.04 Å². The molecule has 1 atom stereocenters. The van der Waals surface area contributed by atoms with Crippen LogP contribution in [0, 0.1) is 0 Å². The summed E-state index contributed by atoms with van der Waals surface area (Å²) in [6.07, 6.45) is 0. The van der Waals surface area contributed by atoms with Crippen LogP contribution in [0.3, 0.4) is 0 Å². The van der Waals surface area contributed by atoms with Crippen molar-refractivity contribution in [3.63, 3.8) is 0 Å². The summed E-state index contributed by atoms with van der Waals surface area (Å²) >= 11 is 5.81. The summed E-state index contributed by atoms with van der Waals surface area (Å²) in [5.41, 5.74) is 5.63. The number of nitrogens with one attached hydrogen (secondary N) is 1. The average molecular weight is 215 g/mol. The normalized spacial score (nSPS) is 12.4. The van der Waals surface area contributed by atoms with Crippen LogP contribution in [0.4, 0.5) is 0 Å². The molecule has 0 radical (unpaired) electrons. The van der Waals surface area contributed by atoms with Gasteiger partial charge in [0.2, 0.25) is 5.91 Å². The van der Waals surface area contributed by atoms with Crippen molar-refractivity contribution < 1.29 is 9.90 Å². The first-order valence-corrected chi connectivity index (χ1v) is 4.39. The quantitative estimate of drug-likeness (QED) is 0.697. The van der Waals surface area contributed by atoms with Gasteiger partial charge in [-0.2, -0.15) is 0 Å². The predicted octanol–water partition coefficient (Wildman–Crippen LogP) is 0.791. The molecule has 1 unspecified atom stereocenters. The first kappa shape index (κ1) is 10.8. The van der Waals surface area contributed by atoms with Crippen LogP contribution in [0.1, 0.15) is 11.6 Å². The maximum Gasteiger partial charge on any atom is 0.239 e. The van der Waals surface area contributed by atoms with E-state index in [0.717, 1.165) is 0 Å². The smallest absolute Gasteiger partial charge is 0.239 e. The highest BCUT2D eigenvalue weighted by atomic mass is 35.5. The van der Waals surface area contributed by atoms with Crippen LogP contribution in [0.25, 0.3) is 0 Å². The number of benzene rings is 1. The summed E-state index contributed by atoms with van der Waals surface area (Å²) in [6.45, 7) is 0. The number of phenols is 1. The number of hydrogen-bond acceptors (Lipinski definition) is 3. The summed E-state index contributed by atoms with van der Waals surface area (Å²) in [7, 11) is 1.59. The lowest BCUT2D eigenvalue weighted by molar-refractivity contribution is -0.120. The number of rotatable bonds is 3. The highest BCUT2D eigenvalue weighted by Crippen LogP contribution is 2.30. The van der Waals surface area contributed by atoms with Crippen LogP contribution >= 0.6 is 11.6 Å². The topological polar surface area (TPSA) is 75.3 Å². The van der Waals surface area contributed by atoms with E-state index in [1.807, 2.05) is 0 Å². The molecule has 5 heteroatoms. The fourth-order valence-electron chi connectivity index (χ4n) is 1.21. The first-order valence-electron chi connectivity index (χ1n) is 4.02. The minimum atomic E-state index is -0.686. The van der Waals surface area contributed by atoms with Crippen molar-refractivity contribution in [3.05, 3.63) is 28.8 Å². The van der Waals surface area contributed by atoms with Crippen LogP contribution in [-0.4, -0.2) is 18.1 Å². The zero-order valence-corrected chi connectivity index (χ0v) is 8.38. The molecule has 0 fully saturated rings. The molecule has 0 aliphatic carbocycles. The largest absolute Gasteiger partial charge is 0.506 e. The number of amides is 1. The molecule has 0 aliphatic heterocycles. The summed E-state index contributed by atoms with van der Waals surface area (Å²) in [5.74, 6) is -0.606. The SMILES string of the molecule is CNC(C(N)=O)c1cccc(O)c1Cl. The van der Waals surface area contributed by atoms with Gasteiger partial charge in [0.05, 0.1) is 5.02 Å². The van der Waals surface area contributed by atoms with Gasteiger partial charge in [-0.05, 0) is 13.1 Å². The van der Waals surface area contributed by atoms with E-state index in [1.54, 1.807) is 19.2 Å². The molecule has 0 bridgehead atoms. The predicted molar refractivity (Wildman–Crippen MR) is 54.1 cm³/mol. The second-order valence-corrected chi connectivity index (χ2v) is 3.18.